The van der Waals surface area contributed by atoms with Crippen LogP contribution < -0.4 is 26.2 Å². The molecule has 3 aliphatic heterocycles. The van der Waals surface area contributed by atoms with Crippen molar-refractivity contribution < 1.29 is 0 Å². The second kappa shape index (κ2) is 11.6. The molecule has 0 saturated heterocycles. The number of allylic oxidation sites excluding steroid dienone is 5. The van der Waals surface area contributed by atoms with E-state index in [-0.39, 0.29) is 12.2 Å². The lowest BCUT2D eigenvalue weighted by atomic mass is 9.98. The molecule has 2 aromatic rings. The Morgan fingerprint density at radius 2 is 2.08 bits per heavy atom. The summed E-state index contributed by atoms with van der Waals surface area (Å²) in [5.74, 6) is 0. The van der Waals surface area contributed by atoms with Crippen molar-refractivity contribution >= 4 is 5.69 Å². The number of dihydropyridines is 2. The van der Waals surface area contributed by atoms with Gasteiger partial charge in [-0.1, -0.05) is 55.1 Å². The third kappa shape index (κ3) is 5.44. The molecule has 0 amide bonds. The molecule has 4 N–H and O–H groups in total. The first kappa shape index (κ1) is 24.4. The van der Waals surface area contributed by atoms with E-state index in [9.17, 15) is 0 Å². The second-order valence-corrected chi connectivity index (χ2v) is 9.10. The number of rotatable bonds is 9. The van der Waals surface area contributed by atoms with E-state index < -0.39 is 0 Å². The van der Waals surface area contributed by atoms with Gasteiger partial charge in [0.15, 0.2) is 0 Å². The molecule has 2 atom stereocenters. The monoisotopic (exact) mass is 490 g/mol. The standard InChI is InChI=1S/C31H34N6/c1-3-10-27-29(4-2)37(26-13-6-5-7-14-26)31(36-27)25-15-16-28(34-22-25)30(24-12-9-18-33-21-24)35-20-23-11-8-17-32-19-23/h3-17,19,21,30-31,33-36H,2,18,20,22H2,1H3/b10-3-. The average molecular weight is 491 g/mol. The fourth-order valence-electron chi connectivity index (χ4n) is 4.90. The van der Waals surface area contributed by atoms with Crippen LogP contribution in [-0.2, 0) is 6.54 Å². The highest BCUT2D eigenvalue weighted by molar-refractivity contribution is 5.63. The van der Waals surface area contributed by atoms with Crippen LogP contribution in [0.1, 0.15) is 12.5 Å². The molecule has 0 radical (unpaired) electrons. The molecule has 188 valence electrons. The zero-order valence-electron chi connectivity index (χ0n) is 21.2. The van der Waals surface area contributed by atoms with E-state index >= 15 is 0 Å². The highest BCUT2D eigenvalue weighted by atomic mass is 15.3. The van der Waals surface area contributed by atoms with Crippen LogP contribution >= 0.6 is 0 Å². The third-order valence-electron chi connectivity index (χ3n) is 6.66. The predicted octanol–water partition coefficient (Wildman–Crippen LogP) is 4.41. The number of aromatic nitrogens is 1. The van der Waals surface area contributed by atoms with Gasteiger partial charge in [0.1, 0.15) is 6.17 Å². The Morgan fingerprint density at radius 3 is 2.76 bits per heavy atom. The van der Waals surface area contributed by atoms with E-state index in [2.05, 4.69) is 111 Å². The van der Waals surface area contributed by atoms with Gasteiger partial charge in [0.05, 0.1) is 17.4 Å². The minimum atomic E-state index is -0.0100. The van der Waals surface area contributed by atoms with Crippen LogP contribution in [0.4, 0.5) is 5.69 Å². The van der Waals surface area contributed by atoms with Gasteiger partial charge in [-0.2, -0.15) is 0 Å². The molecule has 5 rings (SSSR count). The molecule has 0 saturated carbocycles. The Hall–Kier alpha value is -4.29. The molecule has 3 aliphatic rings. The van der Waals surface area contributed by atoms with Gasteiger partial charge < -0.3 is 26.2 Å². The number of nitrogens with one attached hydrogen (secondary N) is 4. The van der Waals surface area contributed by atoms with Crippen LogP contribution in [0.25, 0.3) is 0 Å². The van der Waals surface area contributed by atoms with E-state index in [1.165, 1.54) is 11.1 Å². The van der Waals surface area contributed by atoms with E-state index in [1.807, 2.05) is 31.3 Å². The molecule has 6 heteroatoms. The minimum absolute atomic E-state index is 0.0100. The van der Waals surface area contributed by atoms with Crippen LogP contribution in [0, 0.1) is 0 Å². The van der Waals surface area contributed by atoms with Crippen molar-refractivity contribution in [3.63, 3.8) is 0 Å². The van der Waals surface area contributed by atoms with Gasteiger partial charge in [0, 0.05) is 49.6 Å². The van der Waals surface area contributed by atoms with Crippen LogP contribution in [-0.4, -0.2) is 30.3 Å². The van der Waals surface area contributed by atoms with Crippen molar-refractivity contribution in [3.05, 3.63) is 144 Å². The summed E-state index contributed by atoms with van der Waals surface area (Å²) in [6.07, 6.45) is 20.7. The number of nitrogens with zero attached hydrogens (tertiary/aromatic N) is 2. The molecular weight excluding hydrogens is 456 g/mol. The lowest BCUT2D eigenvalue weighted by molar-refractivity contribution is 0.578. The summed E-state index contributed by atoms with van der Waals surface area (Å²) in [6, 6.07) is 14.6. The summed E-state index contributed by atoms with van der Waals surface area (Å²) in [6.45, 7) is 8.46. The van der Waals surface area contributed by atoms with Gasteiger partial charge in [0.2, 0.25) is 0 Å². The Morgan fingerprint density at radius 1 is 1.19 bits per heavy atom. The van der Waals surface area contributed by atoms with Gasteiger partial charge in [-0.3, -0.25) is 4.98 Å². The Labute approximate surface area is 219 Å². The molecule has 2 unspecified atom stereocenters. The maximum Gasteiger partial charge on any atom is 0.128 e. The fourth-order valence-corrected chi connectivity index (χ4v) is 4.90. The smallest absolute Gasteiger partial charge is 0.128 e. The predicted molar refractivity (Wildman–Crippen MR) is 152 cm³/mol. The lowest BCUT2D eigenvalue weighted by Crippen LogP contribution is -2.45. The van der Waals surface area contributed by atoms with Crippen LogP contribution in [0.2, 0.25) is 0 Å². The van der Waals surface area contributed by atoms with Crippen molar-refractivity contribution in [2.24, 2.45) is 0 Å². The zero-order valence-corrected chi connectivity index (χ0v) is 21.2. The SMILES string of the molecule is C=CC1=C(/C=C\C)NC(C2=CC=C(C(NCc3cccnc3)C3=CNCC=C3)NC2)N1c1ccccc1. The third-order valence-corrected chi connectivity index (χ3v) is 6.66. The Kier molecular flexibility index (Phi) is 7.67. The zero-order chi connectivity index (χ0) is 25.5. The number of hydrogen-bond acceptors (Lipinski definition) is 6. The van der Waals surface area contributed by atoms with E-state index in [4.69, 9.17) is 0 Å². The quantitative estimate of drug-likeness (QED) is 0.418. The van der Waals surface area contributed by atoms with Crippen LogP contribution in [0.5, 0.6) is 0 Å². The molecule has 6 nitrogen and oxygen atoms in total. The molecule has 4 heterocycles. The first-order chi connectivity index (χ1) is 18.3. The molecule has 0 aliphatic carbocycles. The lowest BCUT2D eigenvalue weighted by Gasteiger charge is -2.33. The molecule has 1 aromatic heterocycles. The van der Waals surface area contributed by atoms with Crippen molar-refractivity contribution in [2.75, 3.05) is 18.0 Å². The summed E-state index contributed by atoms with van der Waals surface area (Å²) < 4.78 is 0. The summed E-state index contributed by atoms with van der Waals surface area (Å²) in [5, 5.41) is 14.5. The van der Waals surface area contributed by atoms with Gasteiger partial charge in [0.25, 0.3) is 0 Å². The topological polar surface area (TPSA) is 64.2 Å². The van der Waals surface area contributed by atoms with E-state index in [0.29, 0.717) is 0 Å². The largest absolute Gasteiger partial charge is 0.387 e. The number of anilines is 1. The highest BCUT2D eigenvalue weighted by Crippen LogP contribution is 2.33. The number of benzene rings is 1. The summed E-state index contributed by atoms with van der Waals surface area (Å²) in [7, 11) is 0. The maximum absolute atomic E-state index is 4.26. The van der Waals surface area contributed by atoms with Crippen molar-refractivity contribution in [3.8, 4) is 0 Å². The van der Waals surface area contributed by atoms with E-state index in [0.717, 1.165) is 48.0 Å². The first-order valence-corrected chi connectivity index (χ1v) is 12.8. The molecular formula is C31H34N6. The molecule has 0 bridgehead atoms. The van der Waals surface area contributed by atoms with Crippen LogP contribution in [0.15, 0.2) is 138 Å². The normalized spacial score (nSPS) is 20.0. The van der Waals surface area contributed by atoms with Gasteiger partial charge in [-0.05, 0) is 60.1 Å². The molecule has 0 spiro atoms. The van der Waals surface area contributed by atoms with Gasteiger partial charge >= 0.3 is 0 Å². The molecule has 1 aromatic carbocycles. The van der Waals surface area contributed by atoms with Gasteiger partial charge in [-0.15, -0.1) is 0 Å². The minimum Gasteiger partial charge on any atom is -0.387 e. The summed E-state index contributed by atoms with van der Waals surface area (Å²) in [4.78, 5) is 6.58. The second-order valence-electron chi connectivity index (χ2n) is 9.10. The molecule has 0 fully saturated rings. The summed E-state index contributed by atoms with van der Waals surface area (Å²) >= 11 is 0. The Balaban J connectivity index is 1.42. The van der Waals surface area contributed by atoms with Gasteiger partial charge in [-0.25, -0.2) is 0 Å². The van der Waals surface area contributed by atoms with Crippen molar-refractivity contribution in [1.29, 1.82) is 0 Å². The van der Waals surface area contributed by atoms with Crippen molar-refractivity contribution in [1.82, 2.24) is 26.3 Å². The molecule has 37 heavy (non-hydrogen) atoms. The first-order valence-electron chi connectivity index (χ1n) is 12.8. The number of pyridine rings is 1. The highest BCUT2D eigenvalue weighted by Gasteiger charge is 2.33. The number of para-hydroxylation sites is 1. The van der Waals surface area contributed by atoms with Crippen molar-refractivity contribution in [2.45, 2.75) is 25.7 Å². The summed E-state index contributed by atoms with van der Waals surface area (Å²) in [5.41, 5.74) is 8.02. The fraction of sp³-hybridized carbons (Fsp3) is 0.194. The Bertz CT molecular complexity index is 1280. The van der Waals surface area contributed by atoms with E-state index in [1.54, 1.807) is 6.20 Å². The average Bonchev–Trinajstić information content (AvgIpc) is 3.33. The van der Waals surface area contributed by atoms with Crippen LogP contribution in [0.3, 0.4) is 0 Å². The number of hydrogen-bond donors (Lipinski definition) is 4. The maximum atomic E-state index is 4.26.